The zero-order chi connectivity index (χ0) is 10.8. The van der Waals surface area contributed by atoms with Crippen molar-refractivity contribution in [3.63, 3.8) is 0 Å². The topological polar surface area (TPSA) is 48.0 Å². The first-order valence-corrected chi connectivity index (χ1v) is 5.71. The zero-order valence-corrected chi connectivity index (χ0v) is 9.20. The molecule has 0 unspecified atom stereocenters. The molecule has 2 rings (SSSR count). The van der Waals surface area contributed by atoms with Gasteiger partial charge in [-0.2, -0.15) is 0 Å². The van der Waals surface area contributed by atoms with Crippen molar-refractivity contribution in [1.29, 1.82) is 0 Å². The normalized spacial score (nSPS) is 15.6. The van der Waals surface area contributed by atoms with Crippen LogP contribution in [0.5, 0.6) is 0 Å². The van der Waals surface area contributed by atoms with E-state index in [-0.39, 0.29) is 5.56 Å². The van der Waals surface area contributed by atoms with E-state index in [4.69, 9.17) is 5.73 Å². The van der Waals surface area contributed by atoms with Gasteiger partial charge in [0.25, 0.3) is 5.56 Å². The highest BCUT2D eigenvalue weighted by Crippen LogP contribution is 2.34. The summed E-state index contributed by atoms with van der Waals surface area (Å²) in [5, 5.41) is 0. The van der Waals surface area contributed by atoms with Crippen LogP contribution in [0.3, 0.4) is 0 Å². The van der Waals surface area contributed by atoms with E-state index < -0.39 is 0 Å². The minimum Gasteiger partial charge on any atom is -0.326 e. The predicted molar refractivity (Wildman–Crippen MR) is 60.9 cm³/mol. The number of rotatable bonds is 4. The van der Waals surface area contributed by atoms with Gasteiger partial charge in [0.1, 0.15) is 0 Å². The SMILES string of the molecule is CCCc1ccc(CN)c(=O)n1C1CC1. The van der Waals surface area contributed by atoms with Crippen LogP contribution in [0.2, 0.25) is 0 Å². The van der Waals surface area contributed by atoms with Crippen LogP contribution in [-0.2, 0) is 13.0 Å². The molecule has 1 heterocycles. The van der Waals surface area contributed by atoms with Crippen LogP contribution in [0.1, 0.15) is 43.5 Å². The fourth-order valence-corrected chi connectivity index (χ4v) is 1.98. The molecule has 1 aliphatic rings. The Labute approximate surface area is 89.9 Å². The standard InChI is InChI=1S/C12H18N2O/c1-2-3-10-5-4-9(8-13)12(15)14(10)11-6-7-11/h4-5,11H,2-3,6-8,13H2,1H3. The van der Waals surface area contributed by atoms with Crippen molar-refractivity contribution in [2.24, 2.45) is 5.73 Å². The average Bonchev–Trinajstić information content (AvgIpc) is 3.03. The molecule has 1 aromatic heterocycles. The van der Waals surface area contributed by atoms with Gasteiger partial charge in [0.15, 0.2) is 0 Å². The molecule has 0 radical (unpaired) electrons. The quantitative estimate of drug-likeness (QED) is 0.813. The zero-order valence-electron chi connectivity index (χ0n) is 9.20. The van der Waals surface area contributed by atoms with Gasteiger partial charge < -0.3 is 10.3 Å². The molecule has 1 saturated carbocycles. The van der Waals surface area contributed by atoms with Gasteiger partial charge in [0, 0.05) is 23.8 Å². The highest BCUT2D eigenvalue weighted by Gasteiger charge is 2.26. The maximum atomic E-state index is 12.1. The van der Waals surface area contributed by atoms with Gasteiger partial charge in [-0.15, -0.1) is 0 Å². The number of hydrogen-bond donors (Lipinski definition) is 1. The van der Waals surface area contributed by atoms with Crippen molar-refractivity contribution in [2.75, 3.05) is 0 Å². The second-order valence-electron chi connectivity index (χ2n) is 4.21. The summed E-state index contributed by atoms with van der Waals surface area (Å²) in [6.07, 6.45) is 4.35. The molecule has 0 aliphatic heterocycles. The molecular weight excluding hydrogens is 188 g/mol. The number of hydrogen-bond acceptors (Lipinski definition) is 2. The van der Waals surface area contributed by atoms with Crippen LogP contribution in [0.15, 0.2) is 16.9 Å². The Hall–Kier alpha value is -1.09. The monoisotopic (exact) mass is 206 g/mol. The van der Waals surface area contributed by atoms with Crippen molar-refractivity contribution >= 4 is 0 Å². The fraction of sp³-hybridized carbons (Fsp3) is 0.583. The maximum Gasteiger partial charge on any atom is 0.255 e. The molecular formula is C12H18N2O. The van der Waals surface area contributed by atoms with E-state index in [1.54, 1.807) is 0 Å². The molecule has 0 spiro atoms. The smallest absolute Gasteiger partial charge is 0.255 e. The van der Waals surface area contributed by atoms with Gasteiger partial charge in [0.05, 0.1) is 0 Å². The third kappa shape index (κ3) is 1.97. The molecule has 3 heteroatoms. The lowest BCUT2D eigenvalue weighted by molar-refractivity contribution is 0.641. The molecule has 3 nitrogen and oxygen atoms in total. The highest BCUT2D eigenvalue weighted by atomic mass is 16.1. The van der Waals surface area contributed by atoms with Gasteiger partial charge in [-0.3, -0.25) is 4.79 Å². The largest absolute Gasteiger partial charge is 0.326 e. The summed E-state index contributed by atoms with van der Waals surface area (Å²) in [6, 6.07) is 4.39. The van der Waals surface area contributed by atoms with Gasteiger partial charge in [-0.25, -0.2) is 0 Å². The van der Waals surface area contributed by atoms with E-state index in [2.05, 4.69) is 13.0 Å². The van der Waals surface area contributed by atoms with E-state index in [0.29, 0.717) is 12.6 Å². The lowest BCUT2D eigenvalue weighted by Crippen LogP contribution is -2.27. The second-order valence-corrected chi connectivity index (χ2v) is 4.21. The van der Waals surface area contributed by atoms with Crippen LogP contribution in [0.25, 0.3) is 0 Å². The molecule has 1 aliphatic carbocycles. The maximum absolute atomic E-state index is 12.1. The fourth-order valence-electron chi connectivity index (χ4n) is 1.98. The average molecular weight is 206 g/mol. The summed E-state index contributed by atoms with van der Waals surface area (Å²) >= 11 is 0. The summed E-state index contributed by atoms with van der Waals surface area (Å²) in [6.45, 7) is 2.48. The second kappa shape index (κ2) is 4.19. The number of nitrogens with two attached hydrogens (primary N) is 1. The summed E-state index contributed by atoms with van der Waals surface area (Å²) in [4.78, 5) is 12.1. The van der Waals surface area contributed by atoms with Gasteiger partial charge in [-0.05, 0) is 25.3 Å². The van der Waals surface area contributed by atoms with Gasteiger partial charge in [-0.1, -0.05) is 19.4 Å². The van der Waals surface area contributed by atoms with Crippen molar-refractivity contribution in [3.8, 4) is 0 Å². The highest BCUT2D eigenvalue weighted by molar-refractivity contribution is 5.18. The summed E-state index contributed by atoms with van der Waals surface area (Å²) in [5.41, 5.74) is 7.59. The Morgan fingerprint density at radius 1 is 1.47 bits per heavy atom. The molecule has 1 aromatic rings. The summed E-state index contributed by atoms with van der Waals surface area (Å²) < 4.78 is 1.96. The third-order valence-electron chi connectivity index (χ3n) is 2.92. The summed E-state index contributed by atoms with van der Waals surface area (Å²) in [5.74, 6) is 0. The Bertz CT molecular complexity index is 405. The molecule has 1 fully saturated rings. The minimum absolute atomic E-state index is 0.131. The number of aryl methyl sites for hydroxylation is 1. The van der Waals surface area contributed by atoms with Crippen LogP contribution in [0.4, 0.5) is 0 Å². The molecule has 0 atom stereocenters. The number of aromatic nitrogens is 1. The molecule has 0 amide bonds. The van der Waals surface area contributed by atoms with Gasteiger partial charge >= 0.3 is 0 Å². The van der Waals surface area contributed by atoms with E-state index in [0.717, 1.165) is 31.2 Å². The molecule has 2 N–H and O–H groups in total. The van der Waals surface area contributed by atoms with E-state index >= 15 is 0 Å². The molecule has 0 bridgehead atoms. The van der Waals surface area contributed by atoms with Crippen molar-refractivity contribution in [2.45, 2.75) is 45.2 Å². The Balaban J connectivity index is 2.47. The van der Waals surface area contributed by atoms with Crippen molar-refractivity contribution in [3.05, 3.63) is 33.7 Å². The van der Waals surface area contributed by atoms with E-state index in [1.165, 1.54) is 5.69 Å². The lowest BCUT2D eigenvalue weighted by atomic mass is 10.1. The molecule has 15 heavy (non-hydrogen) atoms. The third-order valence-corrected chi connectivity index (χ3v) is 2.92. The van der Waals surface area contributed by atoms with Crippen LogP contribution in [-0.4, -0.2) is 4.57 Å². The first-order chi connectivity index (χ1) is 7.27. The summed E-state index contributed by atoms with van der Waals surface area (Å²) in [7, 11) is 0. The first kappa shape index (κ1) is 10.4. The van der Waals surface area contributed by atoms with Crippen LogP contribution in [0, 0.1) is 0 Å². The van der Waals surface area contributed by atoms with Crippen LogP contribution >= 0.6 is 0 Å². The van der Waals surface area contributed by atoms with Crippen molar-refractivity contribution in [1.82, 2.24) is 4.57 Å². The predicted octanol–water partition coefficient (Wildman–Crippen LogP) is 1.59. The number of nitrogens with zero attached hydrogens (tertiary/aromatic N) is 1. The Morgan fingerprint density at radius 3 is 2.73 bits per heavy atom. The molecule has 0 saturated heterocycles. The molecule has 82 valence electrons. The van der Waals surface area contributed by atoms with Crippen molar-refractivity contribution < 1.29 is 0 Å². The Morgan fingerprint density at radius 2 is 2.20 bits per heavy atom. The number of pyridine rings is 1. The van der Waals surface area contributed by atoms with E-state index in [1.807, 2.05) is 10.6 Å². The Kier molecular flexibility index (Phi) is 2.91. The van der Waals surface area contributed by atoms with Crippen LogP contribution < -0.4 is 11.3 Å². The molecule has 0 aromatic carbocycles. The minimum atomic E-state index is 0.131. The first-order valence-electron chi connectivity index (χ1n) is 5.71. The van der Waals surface area contributed by atoms with Gasteiger partial charge in [0.2, 0.25) is 0 Å². The van der Waals surface area contributed by atoms with E-state index in [9.17, 15) is 4.79 Å². The lowest BCUT2D eigenvalue weighted by Gasteiger charge is -2.12.